The second-order valence-electron chi connectivity index (χ2n) is 6.45. The van der Waals surface area contributed by atoms with Gasteiger partial charge < -0.3 is 4.90 Å². The lowest BCUT2D eigenvalue weighted by atomic mass is 10.0. The SMILES string of the molecule is CC(C)c1ccc(N(C(=O)C2CC2)[C@H]2C=CS(=O)(=O)C2)cc1. The predicted octanol–water partition coefficient (Wildman–Crippen LogP) is 2.86. The highest BCUT2D eigenvalue weighted by Crippen LogP contribution is 2.35. The van der Waals surface area contributed by atoms with Crippen LogP contribution < -0.4 is 4.90 Å². The first-order chi connectivity index (χ1) is 10.4. The van der Waals surface area contributed by atoms with Crippen LogP contribution in [-0.2, 0) is 14.6 Å². The normalized spacial score (nSPS) is 23.0. The quantitative estimate of drug-likeness (QED) is 0.857. The fourth-order valence-electron chi connectivity index (χ4n) is 2.75. The molecule has 1 atom stereocenters. The van der Waals surface area contributed by atoms with Crippen molar-refractivity contribution in [1.82, 2.24) is 0 Å². The molecular formula is C17H21NO3S. The average molecular weight is 319 g/mol. The van der Waals surface area contributed by atoms with Gasteiger partial charge in [0.05, 0.1) is 11.8 Å². The van der Waals surface area contributed by atoms with E-state index in [9.17, 15) is 13.2 Å². The molecule has 2 aliphatic rings. The summed E-state index contributed by atoms with van der Waals surface area (Å²) >= 11 is 0. The number of carbonyl (C=O) groups is 1. The van der Waals surface area contributed by atoms with Crippen LogP contribution in [0.1, 0.15) is 38.2 Å². The zero-order chi connectivity index (χ0) is 15.9. The van der Waals surface area contributed by atoms with Crippen LogP contribution in [0.4, 0.5) is 5.69 Å². The Morgan fingerprint density at radius 2 is 1.82 bits per heavy atom. The number of hydrogen-bond donors (Lipinski definition) is 0. The first kappa shape index (κ1) is 15.3. The minimum atomic E-state index is -3.18. The third-order valence-corrected chi connectivity index (χ3v) is 5.62. The molecule has 22 heavy (non-hydrogen) atoms. The van der Waals surface area contributed by atoms with Crippen LogP contribution in [0.5, 0.6) is 0 Å². The molecular weight excluding hydrogens is 298 g/mol. The zero-order valence-corrected chi connectivity index (χ0v) is 13.7. The van der Waals surface area contributed by atoms with Gasteiger partial charge in [-0.2, -0.15) is 0 Å². The molecule has 1 amide bonds. The van der Waals surface area contributed by atoms with Crippen molar-refractivity contribution in [3.05, 3.63) is 41.3 Å². The number of benzene rings is 1. The number of carbonyl (C=O) groups excluding carboxylic acids is 1. The second-order valence-corrected chi connectivity index (χ2v) is 8.39. The van der Waals surface area contributed by atoms with Crippen molar-refractivity contribution >= 4 is 21.4 Å². The molecule has 0 unspecified atom stereocenters. The molecule has 3 rings (SSSR count). The second kappa shape index (κ2) is 5.54. The maximum Gasteiger partial charge on any atom is 0.230 e. The van der Waals surface area contributed by atoms with E-state index >= 15 is 0 Å². The van der Waals surface area contributed by atoms with Crippen LogP contribution >= 0.6 is 0 Å². The van der Waals surface area contributed by atoms with Gasteiger partial charge in [-0.05, 0) is 42.5 Å². The Morgan fingerprint density at radius 3 is 2.27 bits per heavy atom. The lowest BCUT2D eigenvalue weighted by molar-refractivity contribution is -0.120. The number of sulfone groups is 1. The molecule has 118 valence electrons. The third-order valence-electron chi connectivity index (χ3n) is 4.24. The third kappa shape index (κ3) is 3.09. The summed E-state index contributed by atoms with van der Waals surface area (Å²) < 4.78 is 23.4. The van der Waals surface area contributed by atoms with E-state index in [1.165, 1.54) is 11.0 Å². The summed E-state index contributed by atoms with van der Waals surface area (Å²) in [5.41, 5.74) is 1.99. The van der Waals surface area contributed by atoms with Gasteiger partial charge in [-0.25, -0.2) is 8.42 Å². The van der Waals surface area contributed by atoms with Crippen LogP contribution in [0.3, 0.4) is 0 Å². The summed E-state index contributed by atoms with van der Waals surface area (Å²) in [5, 5.41) is 1.23. The molecule has 0 aromatic heterocycles. The van der Waals surface area contributed by atoms with E-state index in [0.29, 0.717) is 5.92 Å². The molecule has 0 saturated heterocycles. The largest absolute Gasteiger partial charge is 0.304 e. The van der Waals surface area contributed by atoms with Crippen molar-refractivity contribution in [3.63, 3.8) is 0 Å². The molecule has 0 spiro atoms. The molecule has 4 nitrogen and oxygen atoms in total. The zero-order valence-electron chi connectivity index (χ0n) is 12.9. The summed E-state index contributed by atoms with van der Waals surface area (Å²) in [6, 6.07) is 7.49. The Balaban J connectivity index is 1.91. The molecule has 1 aromatic carbocycles. The maximum absolute atomic E-state index is 12.6. The van der Waals surface area contributed by atoms with E-state index in [4.69, 9.17) is 0 Å². The molecule has 0 N–H and O–H groups in total. The summed E-state index contributed by atoms with van der Waals surface area (Å²) in [7, 11) is -3.18. The van der Waals surface area contributed by atoms with Gasteiger partial charge in [0.25, 0.3) is 0 Å². The van der Waals surface area contributed by atoms with Gasteiger partial charge in [0.1, 0.15) is 0 Å². The molecule has 0 radical (unpaired) electrons. The Kier molecular flexibility index (Phi) is 3.85. The minimum Gasteiger partial charge on any atom is -0.304 e. The Hall–Kier alpha value is -1.62. The smallest absolute Gasteiger partial charge is 0.230 e. The fourth-order valence-corrected chi connectivity index (χ4v) is 4.02. The van der Waals surface area contributed by atoms with Crippen molar-refractivity contribution in [2.75, 3.05) is 10.7 Å². The summed E-state index contributed by atoms with van der Waals surface area (Å²) in [4.78, 5) is 14.3. The van der Waals surface area contributed by atoms with Gasteiger partial charge in [0, 0.05) is 17.0 Å². The molecule has 1 heterocycles. The molecule has 1 aliphatic heterocycles. The molecule has 1 aliphatic carbocycles. The van der Waals surface area contributed by atoms with E-state index in [2.05, 4.69) is 13.8 Å². The molecule has 1 fully saturated rings. The van der Waals surface area contributed by atoms with Gasteiger partial charge >= 0.3 is 0 Å². The van der Waals surface area contributed by atoms with Crippen molar-refractivity contribution in [1.29, 1.82) is 0 Å². The molecule has 1 aromatic rings. The van der Waals surface area contributed by atoms with Crippen LogP contribution in [-0.4, -0.2) is 26.1 Å². The van der Waals surface area contributed by atoms with Gasteiger partial charge in [0.15, 0.2) is 9.84 Å². The Morgan fingerprint density at radius 1 is 1.18 bits per heavy atom. The highest BCUT2D eigenvalue weighted by atomic mass is 32.2. The lowest BCUT2D eigenvalue weighted by Crippen LogP contribution is -2.42. The average Bonchev–Trinajstić information content (AvgIpc) is 3.25. The van der Waals surface area contributed by atoms with Gasteiger partial charge in [-0.3, -0.25) is 4.79 Å². The molecule has 1 saturated carbocycles. The van der Waals surface area contributed by atoms with Crippen molar-refractivity contribution in [2.24, 2.45) is 5.92 Å². The standard InChI is InChI=1S/C17H21NO3S/c1-12(2)13-5-7-15(8-6-13)18(17(19)14-3-4-14)16-9-10-22(20,21)11-16/h5-10,12,14,16H,3-4,11H2,1-2H3/t16-/m0/s1. The van der Waals surface area contributed by atoms with Crippen LogP contribution in [0.2, 0.25) is 0 Å². The Labute approximate surface area is 131 Å². The molecule has 0 bridgehead atoms. The molecule has 5 heteroatoms. The van der Waals surface area contributed by atoms with Crippen molar-refractivity contribution in [3.8, 4) is 0 Å². The van der Waals surface area contributed by atoms with E-state index < -0.39 is 9.84 Å². The van der Waals surface area contributed by atoms with Gasteiger partial charge in [-0.15, -0.1) is 0 Å². The number of amides is 1. The number of rotatable bonds is 4. The highest BCUT2D eigenvalue weighted by Gasteiger charge is 2.39. The van der Waals surface area contributed by atoms with E-state index in [1.807, 2.05) is 24.3 Å². The maximum atomic E-state index is 12.6. The fraction of sp³-hybridized carbons (Fsp3) is 0.471. The Bertz CT molecular complexity index is 700. The number of nitrogens with zero attached hydrogens (tertiary/aromatic N) is 1. The van der Waals surface area contributed by atoms with Crippen LogP contribution in [0.25, 0.3) is 0 Å². The van der Waals surface area contributed by atoms with Crippen LogP contribution in [0.15, 0.2) is 35.7 Å². The van der Waals surface area contributed by atoms with Crippen molar-refractivity contribution in [2.45, 2.75) is 38.6 Å². The predicted molar refractivity (Wildman–Crippen MR) is 87.5 cm³/mol. The first-order valence-corrected chi connectivity index (χ1v) is 9.43. The minimum absolute atomic E-state index is 0.0165. The number of anilines is 1. The van der Waals surface area contributed by atoms with Crippen molar-refractivity contribution < 1.29 is 13.2 Å². The van der Waals surface area contributed by atoms with Crippen LogP contribution in [0, 0.1) is 5.92 Å². The summed E-state index contributed by atoms with van der Waals surface area (Å²) in [6.45, 7) is 4.24. The topological polar surface area (TPSA) is 54.5 Å². The highest BCUT2D eigenvalue weighted by molar-refractivity contribution is 7.94. The monoisotopic (exact) mass is 319 g/mol. The lowest BCUT2D eigenvalue weighted by Gasteiger charge is -2.28. The van der Waals surface area contributed by atoms with Gasteiger partial charge in [0.2, 0.25) is 5.91 Å². The summed E-state index contributed by atoms with van der Waals surface area (Å²) in [6.07, 6.45) is 3.44. The van der Waals surface area contributed by atoms with E-state index in [-0.39, 0.29) is 23.6 Å². The number of hydrogen-bond acceptors (Lipinski definition) is 3. The van der Waals surface area contributed by atoms with Gasteiger partial charge in [-0.1, -0.05) is 26.0 Å². The van der Waals surface area contributed by atoms with E-state index in [0.717, 1.165) is 18.5 Å². The first-order valence-electron chi connectivity index (χ1n) is 7.71. The van der Waals surface area contributed by atoms with E-state index in [1.54, 1.807) is 11.0 Å². The summed E-state index contributed by atoms with van der Waals surface area (Å²) in [5.74, 6) is 0.510.